The van der Waals surface area contributed by atoms with Crippen molar-refractivity contribution < 1.29 is 9.50 Å². The maximum absolute atomic E-state index is 13.2. The van der Waals surface area contributed by atoms with Gasteiger partial charge in [0.25, 0.3) is 0 Å². The van der Waals surface area contributed by atoms with Gasteiger partial charge in [0.1, 0.15) is 23.8 Å². The van der Waals surface area contributed by atoms with Gasteiger partial charge in [0.15, 0.2) is 0 Å². The van der Waals surface area contributed by atoms with E-state index in [0.717, 1.165) is 50.4 Å². The van der Waals surface area contributed by atoms with Gasteiger partial charge in [-0.25, -0.2) is 14.4 Å². The van der Waals surface area contributed by atoms with E-state index < -0.39 is 0 Å². The first kappa shape index (κ1) is 17.2. The van der Waals surface area contributed by atoms with Crippen molar-refractivity contribution in [1.82, 2.24) is 9.97 Å². The number of aliphatic hydroxyl groups is 1. The van der Waals surface area contributed by atoms with Crippen LogP contribution in [0.4, 0.5) is 16.0 Å². The number of halogens is 1. The largest absolute Gasteiger partial charge is 0.394 e. The lowest BCUT2D eigenvalue weighted by molar-refractivity contribution is 0.260. The van der Waals surface area contributed by atoms with Gasteiger partial charge in [-0.1, -0.05) is 18.6 Å². The van der Waals surface area contributed by atoms with Crippen LogP contribution >= 0.6 is 0 Å². The molecule has 2 N–H and O–H groups in total. The molecule has 1 aromatic carbocycles. The topological polar surface area (TPSA) is 61.3 Å². The Morgan fingerprint density at radius 1 is 1.19 bits per heavy atom. The maximum atomic E-state index is 13.2. The second kappa shape index (κ2) is 7.19. The van der Waals surface area contributed by atoms with Crippen molar-refractivity contribution >= 4 is 11.6 Å². The molecular formula is C20H25FN4O. The fraction of sp³-hybridized carbons (Fsp3) is 0.500. The summed E-state index contributed by atoms with van der Waals surface area (Å²) >= 11 is 0. The third-order valence-corrected chi connectivity index (χ3v) is 5.91. The van der Waals surface area contributed by atoms with E-state index in [1.807, 2.05) is 18.2 Å². The highest BCUT2D eigenvalue weighted by Crippen LogP contribution is 2.43. The summed E-state index contributed by atoms with van der Waals surface area (Å²) in [5.41, 5.74) is 1.24. The summed E-state index contributed by atoms with van der Waals surface area (Å²) in [6.07, 6.45) is 7.04. The minimum atomic E-state index is -0.194. The molecule has 1 atom stereocenters. The Kier molecular flexibility index (Phi) is 4.76. The smallest absolute Gasteiger partial charge is 0.134 e. The van der Waals surface area contributed by atoms with Gasteiger partial charge >= 0.3 is 0 Å². The Morgan fingerprint density at radius 3 is 2.69 bits per heavy atom. The summed E-state index contributed by atoms with van der Waals surface area (Å²) < 4.78 is 13.2. The molecule has 1 saturated carbocycles. The normalized spacial score (nSPS) is 21.5. The molecule has 26 heavy (non-hydrogen) atoms. The van der Waals surface area contributed by atoms with E-state index in [2.05, 4.69) is 20.2 Å². The van der Waals surface area contributed by atoms with Crippen LogP contribution in [-0.2, 0) is 5.41 Å². The minimum Gasteiger partial charge on any atom is -0.394 e. The standard InChI is InChI=1S/C20H25FN4O/c21-16-6-4-15(5-7-16)20(8-2-9-20)13-22-18-11-19(24-14-23-18)25-10-1-3-17(25)12-26/h4-7,11,14,17,26H,1-3,8-10,12-13H2,(H,22,23,24). The van der Waals surface area contributed by atoms with Crippen LogP contribution < -0.4 is 10.2 Å². The van der Waals surface area contributed by atoms with E-state index in [0.29, 0.717) is 0 Å². The molecule has 1 saturated heterocycles. The van der Waals surface area contributed by atoms with Crippen molar-refractivity contribution in [3.05, 3.63) is 48.0 Å². The highest BCUT2D eigenvalue weighted by atomic mass is 19.1. The number of hydrogen-bond acceptors (Lipinski definition) is 5. The fourth-order valence-corrected chi connectivity index (χ4v) is 4.16. The van der Waals surface area contributed by atoms with Crippen molar-refractivity contribution in [2.75, 3.05) is 29.9 Å². The lowest BCUT2D eigenvalue weighted by atomic mass is 9.64. The van der Waals surface area contributed by atoms with Crippen molar-refractivity contribution in [1.29, 1.82) is 0 Å². The van der Waals surface area contributed by atoms with Gasteiger partial charge in [0.2, 0.25) is 0 Å². The molecule has 138 valence electrons. The van der Waals surface area contributed by atoms with Crippen LogP contribution in [-0.4, -0.2) is 40.8 Å². The number of anilines is 2. The molecule has 5 nitrogen and oxygen atoms in total. The molecule has 2 aliphatic rings. The van der Waals surface area contributed by atoms with Crippen LogP contribution in [0.1, 0.15) is 37.7 Å². The number of nitrogens with one attached hydrogen (secondary N) is 1. The predicted molar refractivity (Wildman–Crippen MR) is 99.9 cm³/mol. The lowest BCUT2D eigenvalue weighted by Crippen LogP contribution is -2.41. The van der Waals surface area contributed by atoms with Crippen LogP contribution in [0.3, 0.4) is 0 Å². The summed E-state index contributed by atoms with van der Waals surface area (Å²) in [6.45, 7) is 1.85. The Labute approximate surface area is 153 Å². The average Bonchev–Trinajstić information content (AvgIpc) is 3.11. The molecule has 6 heteroatoms. The molecule has 2 aromatic rings. The molecule has 0 radical (unpaired) electrons. The summed E-state index contributed by atoms with van der Waals surface area (Å²) in [6, 6.07) is 9.00. The van der Waals surface area contributed by atoms with Crippen molar-refractivity contribution in [3.8, 4) is 0 Å². The second-order valence-corrected chi connectivity index (χ2v) is 7.43. The van der Waals surface area contributed by atoms with Crippen molar-refractivity contribution in [3.63, 3.8) is 0 Å². The van der Waals surface area contributed by atoms with Crippen molar-refractivity contribution in [2.24, 2.45) is 0 Å². The first-order chi connectivity index (χ1) is 12.7. The van der Waals surface area contributed by atoms with Crippen LogP contribution in [0.5, 0.6) is 0 Å². The van der Waals surface area contributed by atoms with E-state index >= 15 is 0 Å². The highest BCUT2D eigenvalue weighted by Gasteiger charge is 2.38. The van der Waals surface area contributed by atoms with Crippen LogP contribution in [0.15, 0.2) is 36.7 Å². The van der Waals surface area contributed by atoms with Gasteiger partial charge in [-0.2, -0.15) is 0 Å². The zero-order valence-electron chi connectivity index (χ0n) is 14.9. The summed E-state index contributed by atoms with van der Waals surface area (Å²) in [4.78, 5) is 10.9. The molecule has 1 unspecified atom stereocenters. The van der Waals surface area contributed by atoms with E-state index in [-0.39, 0.29) is 23.9 Å². The molecule has 0 amide bonds. The van der Waals surface area contributed by atoms with E-state index in [1.165, 1.54) is 12.0 Å². The highest BCUT2D eigenvalue weighted by molar-refractivity contribution is 5.50. The Bertz CT molecular complexity index is 748. The number of rotatable bonds is 6. The number of aromatic nitrogens is 2. The molecule has 0 bridgehead atoms. The van der Waals surface area contributed by atoms with E-state index in [4.69, 9.17) is 0 Å². The van der Waals surface area contributed by atoms with E-state index in [9.17, 15) is 9.50 Å². The molecule has 1 aliphatic carbocycles. The lowest BCUT2D eigenvalue weighted by Gasteiger charge is -2.42. The van der Waals surface area contributed by atoms with Gasteiger partial charge in [0.05, 0.1) is 12.6 Å². The zero-order valence-corrected chi connectivity index (χ0v) is 14.9. The molecule has 1 aromatic heterocycles. The van der Waals surface area contributed by atoms with Gasteiger partial charge in [-0.05, 0) is 43.4 Å². The van der Waals surface area contributed by atoms with Gasteiger partial charge < -0.3 is 15.3 Å². The Morgan fingerprint density at radius 2 is 2.00 bits per heavy atom. The van der Waals surface area contributed by atoms with Crippen LogP contribution in [0, 0.1) is 5.82 Å². The van der Waals surface area contributed by atoms with Crippen molar-refractivity contribution in [2.45, 2.75) is 43.6 Å². The first-order valence-corrected chi connectivity index (χ1v) is 9.40. The predicted octanol–water partition coefficient (Wildman–Crippen LogP) is 3.11. The quantitative estimate of drug-likeness (QED) is 0.833. The molecule has 4 rings (SSSR count). The maximum Gasteiger partial charge on any atom is 0.134 e. The number of aliphatic hydroxyl groups excluding tert-OH is 1. The van der Waals surface area contributed by atoms with Gasteiger partial charge in [-0.15, -0.1) is 0 Å². The SMILES string of the molecule is OCC1CCCN1c1cc(NCC2(c3ccc(F)cc3)CCC2)ncn1. The summed E-state index contributed by atoms with van der Waals surface area (Å²) in [5, 5.41) is 13.0. The van der Waals surface area contributed by atoms with Gasteiger partial charge in [-0.3, -0.25) is 0 Å². The number of benzene rings is 1. The molecule has 1 aliphatic heterocycles. The third kappa shape index (κ3) is 3.26. The van der Waals surface area contributed by atoms with Gasteiger partial charge in [0, 0.05) is 24.6 Å². The molecule has 2 heterocycles. The first-order valence-electron chi connectivity index (χ1n) is 9.40. The number of nitrogens with zero attached hydrogens (tertiary/aromatic N) is 3. The molecule has 2 fully saturated rings. The minimum absolute atomic E-state index is 0.0556. The van der Waals surface area contributed by atoms with Crippen LogP contribution in [0.2, 0.25) is 0 Å². The third-order valence-electron chi connectivity index (χ3n) is 5.91. The second-order valence-electron chi connectivity index (χ2n) is 7.43. The molecular weight excluding hydrogens is 331 g/mol. The zero-order chi connectivity index (χ0) is 18.0. The Balaban J connectivity index is 1.47. The average molecular weight is 356 g/mol. The monoisotopic (exact) mass is 356 g/mol. The summed E-state index contributed by atoms with van der Waals surface area (Å²) in [5.74, 6) is 1.47. The van der Waals surface area contributed by atoms with E-state index in [1.54, 1.807) is 18.5 Å². The molecule has 0 spiro atoms. The van der Waals surface area contributed by atoms with Crippen LogP contribution in [0.25, 0.3) is 0 Å². The Hall–Kier alpha value is -2.21. The number of hydrogen-bond donors (Lipinski definition) is 2. The fourth-order valence-electron chi connectivity index (χ4n) is 4.16. The summed E-state index contributed by atoms with van der Waals surface area (Å²) in [7, 11) is 0.